The van der Waals surface area contributed by atoms with E-state index in [9.17, 15) is 10.1 Å². The van der Waals surface area contributed by atoms with Gasteiger partial charge in [-0.3, -0.25) is 10.1 Å². The van der Waals surface area contributed by atoms with Crippen LogP contribution in [-0.2, 0) is 0 Å². The average Bonchev–Trinajstić information content (AvgIpc) is 2.17. The van der Waals surface area contributed by atoms with Crippen molar-refractivity contribution in [2.75, 3.05) is 6.54 Å². The zero-order chi connectivity index (χ0) is 11.4. The molecule has 82 valence electrons. The van der Waals surface area contributed by atoms with Gasteiger partial charge in [0.05, 0.1) is 4.92 Å². The van der Waals surface area contributed by atoms with Gasteiger partial charge in [0.2, 0.25) is 0 Å². The molecule has 0 aliphatic carbocycles. The summed E-state index contributed by atoms with van der Waals surface area (Å²) in [7, 11) is 0. The zero-order valence-electron chi connectivity index (χ0n) is 8.44. The highest BCUT2D eigenvalue weighted by Gasteiger charge is 2.14. The van der Waals surface area contributed by atoms with Crippen LogP contribution in [-0.4, -0.2) is 11.5 Å². The third-order valence-corrected chi connectivity index (χ3v) is 2.64. The molecule has 0 spiro atoms. The first-order chi connectivity index (χ1) is 7.06. The van der Waals surface area contributed by atoms with Crippen molar-refractivity contribution < 1.29 is 4.92 Å². The van der Waals surface area contributed by atoms with Gasteiger partial charge < -0.3 is 5.73 Å². The summed E-state index contributed by atoms with van der Waals surface area (Å²) in [5.74, 6) is 0.272. The van der Waals surface area contributed by atoms with Gasteiger partial charge in [0.25, 0.3) is 5.69 Å². The molecule has 4 nitrogen and oxygen atoms in total. The lowest BCUT2D eigenvalue weighted by Crippen LogP contribution is -2.04. The first kappa shape index (κ1) is 11.9. The number of rotatable bonds is 4. The molecule has 0 aliphatic rings. The molecule has 2 N–H and O–H groups in total. The summed E-state index contributed by atoms with van der Waals surface area (Å²) in [5.41, 5.74) is 6.37. The van der Waals surface area contributed by atoms with Crippen LogP contribution in [0.1, 0.15) is 24.8 Å². The second kappa shape index (κ2) is 5.09. The second-order valence-electron chi connectivity index (χ2n) is 3.45. The summed E-state index contributed by atoms with van der Waals surface area (Å²) in [6, 6.07) is 4.80. The fourth-order valence-corrected chi connectivity index (χ4v) is 1.65. The van der Waals surface area contributed by atoms with E-state index < -0.39 is 4.92 Å². The fourth-order valence-electron chi connectivity index (χ4n) is 1.39. The molecule has 15 heavy (non-hydrogen) atoms. The lowest BCUT2D eigenvalue weighted by atomic mass is 9.98. The Morgan fingerprint density at radius 3 is 2.73 bits per heavy atom. The van der Waals surface area contributed by atoms with Gasteiger partial charge in [-0.25, -0.2) is 0 Å². The third-order valence-electron chi connectivity index (χ3n) is 2.34. The van der Waals surface area contributed by atoms with Crippen molar-refractivity contribution in [3.05, 3.63) is 38.9 Å². The quantitative estimate of drug-likeness (QED) is 0.636. The number of nitro benzene ring substituents is 1. The summed E-state index contributed by atoms with van der Waals surface area (Å²) in [6.45, 7) is 2.61. The minimum Gasteiger partial charge on any atom is -0.330 e. The maximum Gasteiger partial charge on any atom is 0.287 e. The summed E-state index contributed by atoms with van der Waals surface area (Å²) in [6.07, 6.45) is 0.841. The molecule has 0 heterocycles. The maximum absolute atomic E-state index is 10.5. The third kappa shape index (κ3) is 2.91. The van der Waals surface area contributed by atoms with Gasteiger partial charge in [-0.15, -0.1) is 0 Å². The molecule has 1 aromatic carbocycles. The second-order valence-corrected chi connectivity index (χ2v) is 3.85. The first-order valence-corrected chi connectivity index (χ1v) is 5.08. The molecule has 1 unspecified atom stereocenters. The van der Waals surface area contributed by atoms with E-state index in [0.717, 1.165) is 12.0 Å². The Balaban J connectivity index is 2.96. The normalized spacial score (nSPS) is 12.5. The SMILES string of the molecule is CC(CCN)c1ccc([N+](=O)[O-])c(Cl)c1. The van der Waals surface area contributed by atoms with Crippen LogP contribution < -0.4 is 5.73 Å². The van der Waals surface area contributed by atoms with Crippen molar-refractivity contribution in [1.29, 1.82) is 0 Å². The van der Waals surface area contributed by atoms with Gasteiger partial charge in [-0.1, -0.05) is 24.6 Å². The van der Waals surface area contributed by atoms with Crippen molar-refractivity contribution in [3.63, 3.8) is 0 Å². The summed E-state index contributed by atoms with van der Waals surface area (Å²) < 4.78 is 0. The summed E-state index contributed by atoms with van der Waals surface area (Å²) in [5, 5.41) is 10.7. The highest BCUT2D eigenvalue weighted by atomic mass is 35.5. The van der Waals surface area contributed by atoms with E-state index in [1.165, 1.54) is 6.07 Å². The molecule has 0 fully saturated rings. The molecule has 0 saturated carbocycles. The van der Waals surface area contributed by atoms with Gasteiger partial charge in [-0.2, -0.15) is 0 Å². The average molecular weight is 229 g/mol. The van der Waals surface area contributed by atoms with E-state index in [1.54, 1.807) is 12.1 Å². The molecule has 1 atom stereocenters. The van der Waals surface area contributed by atoms with Gasteiger partial charge >= 0.3 is 0 Å². The van der Waals surface area contributed by atoms with E-state index in [-0.39, 0.29) is 16.6 Å². The smallest absolute Gasteiger partial charge is 0.287 e. The Hall–Kier alpha value is -1.13. The largest absolute Gasteiger partial charge is 0.330 e. The van der Waals surface area contributed by atoms with Crippen molar-refractivity contribution in [1.82, 2.24) is 0 Å². The number of nitrogens with zero attached hydrogens (tertiary/aromatic N) is 1. The summed E-state index contributed by atoms with van der Waals surface area (Å²) in [4.78, 5) is 10.0. The van der Waals surface area contributed by atoms with E-state index in [0.29, 0.717) is 6.54 Å². The number of nitrogens with two attached hydrogens (primary N) is 1. The Bertz CT molecular complexity index is 368. The van der Waals surface area contributed by atoms with E-state index in [1.807, 2.05) is 6.92 Å². The predicted octanol–water partition coefficient (Wildman–Crippen LogP) is 2.70. The van der Waals surface area contributed by atoms with E-state index in [4.69, 9.17) is 17.3 Å². The monoisotopic (exact) mass is 228 g/mol. The number of nitro groups is 1. The highest BCUT2D eigenvalue weighted by Crippen LogP contribution is 2.29. The zero-order valence-corrected chi connectivity index (χ0v) is 9.20. The number of halogens is 1. The Morgan fingerprint density at radius 2 is 2.27 bits per heavy atom. The molecule has 0 amide bonds. The van der Waals surface area contributed by atoms with Crippen LogP contribution in [0.15, 0.2) is 18.2 Å². The minimum absolute atomic E-state index is 0.0552. The predicted molar refractivity (Wildman–Crippen MR) is 60.2 cm³/mol. The topological polar surface area (TPSA) is 69.2 Å². The molecule has 0 aromatic heterocycles. The van der Waals surface area contributed by atoms with Crippen LogP contribution in [0.5, 0.6) is 0 Å². The highest BCUT2D eigenvalue weighted by molar-refractivity contribution is 6.32. The van der Waals surface area contributed by atoms with Crippen LogP contribution in [0.4, 0.5) is 5.69 Å². The van der Waals surface area contributed by atoms with Crippen LogP contribution in [0.25, 0.3) is 0 Å². The van der Waals surface area contributed by atoms with Crippen LogP contribution in [0.3, 0.4) is 0 Å². The Kier molecular flexibility index (Phi) is 4.05. The Morgan fingerprint density at radius 1 is 1.60 bits per heavy atom. The van der Waals surface area contributed by atoms with Crippen LogP contribution >= 0.6 is 11.6 Å². The van der Waals surface area contributed by atoms with Crippen molar-refractivity contribution >= 4 is 17.3 Å². The standard InChI is InChI=1S/C10H13ClN2O2/c1-7(4-5-12)8-2-3-10(13(14)15)9(11)6-8/h2-3,6-7H,4-5,12H2,1H3. The number of hydrogen-bond donors (Lipinski definition) is 1. The summed E-state index contributed by atoms with van der Waals surface area (Å²) >= 11 is 5.80. The lowest BCUT2D eigenvalue weighted by molar-refractivity contribution is -0.384. The van der Waals surface area contributed by atoms with E-state index in [2.05, 4.69) is 0 Å². The van der Waals surface area contributed by atoms with Crippen LogP contribution in [0, 0.1) is 10.1 Å². The number of benzene rings is 1. The molecule has 1 rings (SSSR count). The first-order valence-electron chi connectivity index (χ1n) is 4.70. The van der Waals surface area contributed by atoms with Crippen molar-refractivity contribution in [2.45, 2.75) is 19.3 Å². The van der Waals surface area contributed by atoms with Gasteiger partial charge in [0.15, 0.2) is 0 Å². The number of hydrogen-bond acceptors (Lipinski definition) is 3. The maximum atomic E-state index is 10.5. The minimum atomic E-state index is -0.486. The molecular weight excluding hydrogens is 216 g/mol. The fraction of sp³-hybridized carbons (Fsp3) is 0.400. The van der Waals surface area contributed by atoms with Gasteiger partial charge in [0, 0.05) is 6.07 Å². The van der Waals surface area contributed by atoms with Gasteiger partial charge in [-0.05, 0) is 30.5 Å². The van der Waals surface area contributed by atoms with Crippen LogP contribution in [0.2, 0.25) is 5.02 Å². The molecule has 0 radical (unpaired) electrons. The molecule has 0 aliphatic heterocycles. The van der Waals surface area contributed by atoms with E-state index >= 15 is 0 Å². The van der Waals surface area contributed by atoms with Crippen molar-refractivity contribution in [2.24, 2.45) is 5.73 Å². The van der Waals surface area contributed by atoms with Crippen molar-refractivity contribution in [3.8, 4) is 0 Å². The molecular formula is C10H13ClN2O2. The lowest BCUT2D eigenvalue weighted by Gasteiger charge is -2.10. The van der Waals surface area contributed by atoms with Gasteiger partial charge in [0.1, 0.15) is 5.02 Å². The molecule has 1 aromatic rings. The molecule has 5 heteroatoms. The molecule has 0 saturated heterocycles. The molecule has 0 bridgehead atoms. The Labute approximate surface area is 93.2 Å².